The predicted octanol–water partition coefficient (Wildman–Crippen LogP) is 3.16. The van der Waals surface area contributed by atoms with E-state index in [4.69, 9.17) is 11.6 Å². The first kappa shape index (κ1) is 13.8. The third-order valence-corrected chi connectivity index (χ3v) is 4.56. The van der Waals surface area contributed by atoms with Gasteiger partial charge in [-0.2, -0.15) is 5.10 Å². The average molecular weight is 326 g/mol. The van der Waals surface area contributed by atoms with Crippen LogP contribution in [0.5, 0.6) is 0 Å². The smallest absolute Gasteiger partial charge is 0.266 e. The molecule has 0 atom stereocenters. The molecule has 5 nitrogen and oxygen atoms in total. The SMILES string of the molecule is O=S(=O)(Nc1n[nH]c2ccccc12)c1cccc(Cl)c1F. The van der Waals surface area contributed by atoms with Crippen LogP contribution in [0.3, 0.4) is 0 Å². The Balaban J connectivity index is 2.06. The zero-order valence-corrected chi connectivity index (χ0v) is 12.0. The van der Waals surface area contributed by atoms with Gasteiger partial charge >= 0.3 is 0 Å². The number of rotatable bonds is 3. The predicted molar refractivity (Wildman–Crippen MR) is 78.3 cm³/mol. The molecule has 108 valence electrons. The van der Waals surface area contributed by atoms with Crippen molar-refractivity contribution in [3.8, 4) is 0 Å². The molecular formula is C13H9ClFN3O2S. The number of anilines is 1. The monoisotopic (exact) mass is 325 g/mol. The maximum atomic E-state index is 13.9. The van der Waals surface area contributed by atoms with Crippen molar-refractivity contribution in [2.45, 2.75) is 4.90 Å². The number of halogens is 2. The molecule has 1 aromatic heterocycles. The minimum Gasteiger partial charge on any atom is -0.276 e. The van der Waals surface area contributed by atoms with Gasteiger partial charge in [-0.05, 0) is 24.3 Å². The average Bonchev–Trinajstić information content (AvgIpc) is 2.84. The number of aromatic nitrogens is 2. The summed E-state index contributed by atoms with van der Waals surface area (Å²) in [5.74, 6) is -0.892. The summed E-state index contributed by atoms with van der Waals surface area (Å²) in [6.45, 7) is 0. The van der Waals surface area contributed by atoms with Gasteiger partial charge in [0.1, 0.15) is 4.90 Å². The molecule has 0 amide bonds. The molecule has 1 heterocycles. The Morgan fingerprint density at radius 3 is 2.71 bits per heavy atom. The fourth-order valence-corrected chi connectivity index (χ4v) is 3.27. The Labute approximate surface area is 124 Å². The van der Waals surface area contributed by atoms with Gasteiger partial charge in [-0.25, -0.2) is 12.8 Å². The summed E-state index contributed by atoms with van der Waals surface area (Å²) in [6.07, 6.45) is 0. The molecule has 0 unspecified atom stereocenters. The molecule has 0 aliphatic carbocycles. The van der Waals surface area contributed by atoms with Crippen molar-refractivity contribution in [3.63, 3.8) is 0 Å². The summed E-state index contributed by atoms with van der Waals surface area (Å²) in [4.78, 5) is -0.526. The zero-order chi connectivity index (χ0) is 15.0. The number of hydrogen-bond acceptors (Lipinski definition) is 3. The maximum absolute atomic E-state index is 13.9. The lowest BCUT2D eigenvalue weighted by Gasteiger charge is -2.07. The first-order chi connectivity index (χ1) is 9.99. The minimum atomic E-state index is -4.12. The molecule has 2 aromatic carbocycles. The van der Waals surface area contributed by atoms with Crippen LogP contribution in [-0.2, 0) is 10.0 Å². The second-order valence-corrected chi connectivity index (χ2v) is 6.33. The Morgan fingerprint density at radius 1 is 1.14 bits per heavy atom. The first-order valence-electron chi connectivity index (χ1n) is 5.89. The van der Waals surface area contributed by atoms with E-state index in [1.807, 2.05) is 0 Å². The highest BCUT2D eigenvalue weighted by Gasteiger charge is 2.22. The highest BCUT2D eigenvalue weighted by Crippen LogP contribution is 2.26. The van der Waals surface area contributed by atoms with Crippen LogP contribution < -0.4 is 4.72 Å². The van der Waals surface area contributed by atoms with E-state index >= 15 is 0 Å². The third-order valence-electron chi connectivity index (χ3n) is 2.91. The summed E-state index contributed by atoms with van der Waals surface area (Å²) in [7, 11) is -4.12. The summed E-state index contributed by atoms with van der Waals surface area (Å²) >= 11 is 5.61. The van der Waals surface area contributed by atoms with Crippen molar-refractivity contribution in [1.29, 1.82) is 0 Å². The lowest BCUT2D eigenvalue weighted by molar-refractivity contribution is 0.570. The van der Waals surface area contributed by atoms with E-state index in [0.29, 0.717) is 10.9 Å². The molecule has 2 N–H and O–H groups in total. The van der Waals surface area contributed by atoms with Gasteiger partial charge in [0.25, 0.3) is 10.0 Å². The molecule has 0 bridgehead atoms. The highest BCUT2D eigenvalue weighted by molar-refractivity contribution is 7.92. The van der Waals surface area contributed by atoms with Crippen LogP contribution in [0.2, 0.25) is 5.02 Å². The molecule has 21 heavy (non-hydrogen) atoms. The van der Waals surface area contributed by atoms with Gasteiger partial charge < -0.3 is 0 Å². The second kappa shape index (κ2) is 5.01. The van der Waals surface area contributed by atoms with Gasteiger partial charge in [0.05, 0.1) is 10.5 Å². The summed E-state index contributed by atoms with van der Waals surface area (Å²) in [5, 5.41) is 6.91. The summed E-state index contributed by atoms with van der Waals surface area (Å²) < 4.78 is 40.6. The standard InChI is InChI=1S/C13H9ClFN3O2S/c14-9-5-3-7-11(12(9)15)21(19,20)18-13-8-4-1-2-6-10(8)16-17-13/h1-7H,(H2,16,17,18). The molecule has 0 saturated carbocycles. The van der Waals surface area contributed by atoms with E-state index in [1.165, 1.54) is 12.1 Å². The largest absolute Gasteiger partial charge is 0.276 e. The van der Waals surface area contributed by atoms with Gasteiger partial charge in [-0.15, -0.1) is 0 Å². The van der Waals surface area contributed by atoms with Gasteiger partial charge in [0, 0.05) is 5.39 Å². The molecule has 8 heteroatoms. The Morgan fingerprint density at radius 2 is 1.90 bits per heavy atom. The zero-order valence-electron chi connectivity index (χ0n) is 10.5. The Hall–Kier alpha value is -2.12. The molecule has 0 aliphatic heterocycles. The van der Waals surface area contributed by atoms with E-state index in [9.17, 15) is 12.8 Å². The number of fused-ring (bicyclic) bond motifs is 1. The number of sulfonamides is 1. The van der Waals surface area contributed by atoms with Crippen LogP contribution in [0.1, 0.15) is 0 Å². The lowest BCUT2D eigenvalue weighted by atomic mass is 10.2. The van der Waals surface area contributed by atoms with Gasteiger partial charge in [0.2, 0.25) is 0 Å². The number of hydrogen-bond donors (Lipinski definition) is 2. The number of aromatic amines is 1. The maximum Gasteiger partial charge on any atom is 0.266 e. The molecule has 0 radical (unpaired) electrons. The highest BCUT2D eigenvalue weighted by atomic mass is 35.5. The van der Waals surface area contributed by atoms with E-state index in [2.05, 4.69) is 14.9 Å². The molecule has 3 aromatic rings. The third kappa shape index (κ3) is 2.45. The van der Waals surface area contributed by atoms with Crippen LogP contribution >= 0.6 is 11.6 Å². The normalized spacial score (nSPS) is 11.7. The minimum absolute atomic E-state index is 0.102. The fourth-order valence-electron chi connectivity index (χ4n) is 1.92. The van der Waals surface area contributed by atoms with Crippen LogP contribution in [0.4, 0.5) is 10.2 Å². The summed E-state index contributed by atoms with van der Waals surface area (Å²) in [5.41, 5.74) is 0.668. The van der Waals surface area contributed by atoms with Crippen molar-refractivity contribution >= 4 is 38.3 Å². The quantitative estimate of drug-likeness (QED) is 0.776. The molecule has 0 fully saturated rings. The van der Waals surface area contributed by atoms with Crippen molar-refractivity contribution in [2.24, 2.45) is 0 Å². The van der Waals surface area contributed by atoms with E-state index in [-0.39, 0.29) is 10.8 Å². The topological polar surface area (TPSA) is 74.8 Å². The van der Waals surface area contributed by atoms with Crippen LogP contribution in [0, 0.1) is 5.82 Å². The van der Waals surface area contributed by atoms with Crippen molar-refractivity contribution in [3.05, 3.63) is 53.3 Å². The van der Waals surface area contributed by atoms with E-state index < -0.39 is 20.7 Å². The fraction of sp³-hybridized carbons (Fsp3) is 0. The molecule has 0 spiro atoms. The molecule has 0 aliphatic rings. The van der Waals surface area contributed by atoms with Gasteiger partial charge in [-0.3, -0.25) is 9.82 Å². The number of benzene rings is 2. The second-order valence-electron chi connectivity index (χ2n) is 4.28. The molecular weight excluding hydrogens is 317 g/mol. The first-order valence-corrected chi connectivity index (χ1v) is 7.75. The van der Waals surface area contributed by atoms with Crippen molar-refractivity contribution in [1.82, 2.24) is 10.2 Å². The molecule has 3 rings (SSSR count). The lowest BCUT2D eigenvalue weighted by Crippen LogP contribution is -2.15. The Kier molecular flexibility index (Phi) is 3.30. The van der Waals surface area contributed by atoms with Crippen molar-refractivity contribution in [2.75, 3.05) is 4.72 Å². The number of nitrogens with zero attached hydrogens (tertiary/aromatic N) is 1. The number of H-pyrrole nitrogens is 1. The number of para-hydroxylation sites is 1. The number of nitrogens with one attached hydrogen (secondary N) is 2. The van der Waals surface area contributed by atoms with Crippen molar-refractivity contribution < 1.29 is 12.8 Å². The van der Waals surface area contributed by atoms with Crippen LogP contribution in [0.15, 0.2) is 47.4 Å². The van der Waals surface area contributed by atoms with Crippen LogP contribution in [0.25, 0.3) is 10.9 Å². The summed E-state index contributed by atoms with van der Waals surface area (Å²) in [6, 6.07) is 10.8. The van der Waals surface area contributed by atoms with Crippen LogP contribution in [-0.4, -0.2) is 18.6 Å². The van der Waals surface area contributed by atoms with Gasteiger partial charge in [0.15, 0.2) is 11.6 Å². The van der Waals surface area contributed by atoms with Gasteiger partial charge in [-0.1, -0.05) is 29.8 Å². The van der Waals surface area contributed by atoms with E-state index in [0.717, 1.165) is 6.07 Å². The molecule has 0 saturated heterocycles. The Bertz CT molecular complexity index is 924. The van der Waals surface area contributed by atoms with E-state index in [1.54, 1.807) is 24.3 Å².